The maximum absolute atomic E-state index is 11.9. The molecule has 2 aromatic carbocycles. The van der Waals surface area contributed by atoms with Crippen molar-refractivity contribution in [1.82, 2.24) is 5.32 Å². The number of fused-ring (bicyclic) bond motifs is 4. The number of hydrogen-bond donors (Lipinski definition) is 1. The van der Waals surface area contributed by atoms with Gasteiger partial charge in [-0.2, -0.15) is 0 Å². The summed E-state index contributed by atoms with van der Waals surface area (Å²) >= 11 is 12.0. The van der Waals surface area contributed by atoms with Crippen LogP contribution < -0.4 is 19.7 Å². The van der Waals surface area contributed by atoms with Gasteiger partial charge in [-0.3, -0.25) is 4.90 Å². The number of carbonyl (C=O) groups excluding carboxylic acids is 1. The summed E-state index contributed by atoms with van der Waals surface area (Å²) in [7, 11) is 2.94. The fraction of sp³-hybridized carbons (Fsp3) is 0.300. The number of nitrogens with zero attached hydrogens (tertiary/aromatic N) is 1. The number of methoxy groups -OCH3 is 2. The number of carbonyl (C=O) groups is 1. The molecule has 1 saturated heterocycles. The maximum atomic E-state index is 11.9. The van der Waals surface area contributed by atoms with Crippen LogP contribution in [0.4, 0.5) is 5.69 Å². The molecule has 2 aliphatic heterocycles. The van der Waals surface area contributed by atoms with Crippen molar-refractivity contribution < 1.29 is 19.0 Å². The quantitative estimate of drug-likeness (QED) is 0.595. The average Bonchev–Trinajstić information content (AvgIpc) is 2.66. The monoisotopic (exact) mass is 418 g/mol. The summed E-state index contributed by atoms with van der Waals surface area (Å²) in [5.41, 5.74) is 1.46. The fourth-order valence-electron chi connectivity index (χ4n) is 3.80. The summed E-state index contributed by atoms with van der Waals surface area (Å²) in [4.78, 5) is 13.8. The number of halogens is 1. The minimum Gasteiger partial charge on any atom is -0.495 e. The third-order valence-electron chi connectivity index (χ3n) is 5.09. The van der Waals surface area contributed by atoms with Gasteiger partial charge < -0.3 is 19.5 Å². The first-order chi connectivity index (χ1) is 13.4. The second-order valence-corrected chi connectivity index (χ2v) is 7.68. The number of ether oxygens (including phenoxy) is 3. The standard InChI is InChI=1S/C20H19ClN2O4S/c1-20-10-15(13-8-11(18(24)26-3)4-6-16(13)27-20)22-19(28)23(20)12-5-7-17(25-2)14(21)9-12/h4-9,15H,10H2,1-3H3,(H,22,28)/t15-,20-/m1/s1. The normalized spacial score (nSPS) is 22.6. The van der Waals surface area contributed by atoms with Crippen molar-refractivity contribution in [3.63, 3.8) is 0 Å². The molecule has 28 heavy (non-hydrogen) atoms. The summed E-state index contributed by atoms with van der Waals surface area (Å²) in [6.45, 7) is 1.99. The van der Waals surface area contributed by atoms with Gasteiger partial charge >= 0.3 is 5.97 Å². The highest BCUT2D eigenvalue weighted by atomic mass is 35.5. The third-order valence-corrected chi connectivity index (χ3v) is 5.68. The van der Waals surface area contributed by atoms with E-state index in [0.29, 0.717) is 33.6 Å². The predicted molar refractivity (Wildman–Crippen MR) is 110 cm³/mol. The van der Waals surface area contributed by atoms with Gasteiger partial charge in [-0.1, -0.05) is 11.6 Å². The van der Waals surface area contributed by atoms with Crippen molar-refractivity contribution in [2.45, 2.75) is 25.1 Å². The molecule has 6 nitrogen and oxygen atoms in total. The van der Waals surface area contributed by atoms with Gasteiger partial charge in [0, 0.05) is 17.7 Å². The number of benzene rings is 2. The van der Waals surface area contributed by atoms with E-state index < -0.39 is 5.72 Å². The van der Waals surface area contributed by atoms with Gasteiger partial charge in [-0.05, 0) is 55.5 Å². The molecule has 0 amide bonds. The molecule has 0 spiro atoms. The van der Waals surface area contributed by atoms with Gasteiger partial charge in [0.2, 0.25) is 0 Å². The second-order valence-electron chi connectivity index (χ2n) is 6.88. The minimum absolute atomic E-state index is 0.0733. The molecule has 4 rings (SSSR count). The van der Waals surface area contributed by atoms with E-state index in [1.165, 1.54) is 7.11 Å². The Hall–Kier alpha value is -2.51. The second kappa shape index (κ2) is 6.83. The molecule has 2 aromatic rings. The number of anilines is 1. The van der Waals surface area contributed by atoms with Gasteiger partial charge in [0.25, 0.3) is 0 Å². The van der Waals surface area contributed by atoms with E-state index in [9.17, 15) is 4.79 Å². The summed E-state index contributed by atoms with van der Waals surface area (Å²) in [5, 5.41) is 4.38. The number of rotatable bonds is 3. The van der Waals surface area contributed by atoms with Crippen molar-refractivity contribution in [1.29, 1.82) is 0 Å². The molecule has 2 aliphatic rings. The lowest BCUT2D eigenvalue weighted by molar-refractivity contribution is 0.0494. The molecule has 0 unspecified atom stereocenters. The van der Waals surface area contributed by atoms with Crippen molar-refractivity contribution in [3.05, 3.63) is 52.5 Å². The minimum atomic E-state index is -0.704. The van der Waals surface area contributed by atoms with Gasteiger partial charge in [-0.25, -0.2) is 4.79 Å². The van der Waals surface area contributed by atoms with Gasteiger partial charge in [-0.15, -0.1) is 0 Å². The van der Waals surface area contributed by atoms with Crippen molar-refractivity contribution in [3.8, 4) is 11.5 Å². The van der Waals surface area contributed by atoms with Crippen LogP contribution in [0.15, 0.2) is 36.4 Å². The Morgan fingerprint density at radius 1 is 1.32 bits per heavy atom. The van der Waals surface area contributed by atoms with Gasteiger partial charge in [0.15, 0.2) is 10.8 Å². The van der Waals surface area contributed by atoms with E-state index in [-0.39, 0.29) is 12.0 Å². The third kappa shape index (κ3) is 2.95. The molecule has 0 radical (unpaired) electrons. The van der Waals surface area contributed by atoms with E-state index in [0.717, 1.165) is 11.3 Å². The van der Waals surface area contributed by atoms with E-state index in [4.69, 9.17) is 38.0 Å². The van der Waals surface area contributed by atoms with E-state index >= 15 is 0 Å². The van der Waals surface area contributed by atoms with Crippen LogP contribution in [0.3, 0.4) is 0 Å². The van der Waals surface area contributed by atoms with Gasteiger partial charge in [0.05, 0.1) is 30.8 Å². The molecule has 2 bridgehead atoms. The molecule has 2 atom stereocenters. The van der Waals surface area contributed by atoms with Gasteiger partial charge in [0.1, 0.15) is 11.5 Å². The zero-order chi connectivity index (χ0) is 20.1. The Kier molecular flexibility index (Phi) is 4.59. The molecular weight excluding hydrogens is 400 g/mol. The van der Waals surface area contributed by atoms with Crippen molar-refractivity contribution >= 4 is 40.6 Å². The molecule has 2 heterocycles. The predicted octanol–water partition coefficient (Wildman–Crippen LogP) is 4.07. The highest BCUT2D eigenvalue weighted by Gasteiger charge is 2.48. The van der Waals surface area contributed by atoms with Crippen LogP contribution in [0, 0.1) is 0 Å². The smallest absolute Gasteiger partial charge is 0.337 e. The Labute approximate surface area is 173 Å². The van der Waals surface area contributed by atoms with Crippen LogP contribution in [-0.2, 0) is 4.74 Å². The number of nitrogens with one attached hydrogen (secondary N) is 1. The highest BCUT2D eigenvalue weighted by Crippen LogP contribution is 2.46. The molecule has 1 N–H and O–H groups in total. The number of hydrogen-bond acceptors (Lipinski definition) is 5. The average molecular weight is 419 g/mol. The lowest BCUT2D eigenvalue weighted by Gasteiger charge is -2.52. The first kappa shape index (κ1) is 18.8. The summed E-state index contributed by atoms with van der Waals surface area (Å²) in [6, 6.07) is 10.7. The van der Waals surface area contributed by atoms with Crippen molar-refractivity contribution in [2.75, 3.05) is 19.1 Å². The largest absolute Gasteiger partial charge is 0.495 e. The Morgan fingerprint density at radius 3 is 2.79 bits per heavy atom. The van der Waals surface area contributed by atoms with Crippen LogP contribution in [0.2, 0.25) is 5.02 Å². The molecule has 0 aromatic heterocycles. The molecule has 8 heteroatoms. The number of thiocarbonyl (C=S) groups is 1. The van der Waals surface area contributed by atoms with E-state index in [1.54, 1.807) is 37.4 Å². The van der Waals surface area contributed by atoms with Crippen molar-refractivity contribution in [2.24, 2.45) is 0 Å². The topological polar surface area (TPSA) is 60.0 Å². The highest BCUT2D eigenvalue weighted by molar-refractivity contribution is 7.80. The van der Waals surface area contributed by atoms with Crippen LogP contribution in [0.25, 0.3) is 0 Å². The zero-order valence-corrected chi connectivity index (χ0v) is 17.2. The Morgan fingerprint density at radius 2 is 2.11 bits per heavy atom. The van der Waals surface area contributed by atoms with Crippen LogP contribution in [0.1, 0.15) is 35.3 Å². The van der Waals surface area contributed by atoms with E-state index in [2.05, 4.69) is 5.32 Å². The fourth-order valence-corrected chi connectivity index (χ4v) is 4.50. The summed E-state index contributed by atoms with van der Waals surface area (Å²) in [5.74, 6) is 0.907. The van der Waals surface area contributed by atoms with Crippen LogP contribution >= 0.6 is 23.8 Å². The summed E-state index contributed by atoms with van der Waals surface area (Å²) < 4.78 is 16.4. The lowest BCUT2D eigenvalue weighted by Crippen LogP contribution is -2.65. The first-order valence-electron chi connectivity index (χ1n) is 8.72. The van der Waals surface area contributed by atoms with E-state index in [1.807, 2.05) is 17.9 Å². The first-order valence-corrected chi connectivity index (χ1v) is 9.50. The Bertz CT molecular complexity index is 983. The molecule has 0 saturated carbocycles. The maximum Gasteiger partial charge on any atom is 0.337 e. The lowest BCUT2D eigenvalue weighted by atomic mass is 9.89. The van der Waals surface area contributed by atoms with Crippen LogP contribution in [0.5, 0.6) is 11.5 Å². The number of esters is 1. The SMILES string of the molecule is COC(=O)c1ccc2c(c1)[C@H]1C[C@@](C)(O2)N(c2ccc(OC)c(Cl)c2)C(=S)N1. The molecular formula is C20H19ClN2O4S. The zero-order valence-electron chi connectivity index (χ0n) is 15.6. The Balaban J connectivity index is 1.74. The molecule has 1 fully saturated rings. The summed E-state index contributed by atoms with van der Waals surface area (Å²) in [6.07, 6.45) is 0.633. The molecule has 146 valence electrons. The van der Waals surface area contributed by atoms with Crippen LogP contribution in [-0.4, -0.2) is 31.0 Å². The molecule has 0 aliphatic carbocycles.